The second kappa shape index (κ2) is 5.25. The molecule has 0 amide bonds. The van der Waals surface area contributed by atoms with Gasteiger partial charge >= 0.3 is 0 Å². The molecular formula is C12H14N4S. The molecule has 0 fully saturated rings. The zero-order valence-corrected chi connectivity index (χ0v) is 10.6. The SMILES string of the molecule is Cc1cnc(Sc2cc(C(C)N)ccn2)nc1. The number of aryl methyl sites for hydroxylation is 1. The largest absolute Gasteiger partial charge is 0.324 e. The van der Waals surface area contributed by atoms with Gasteiger partial charge in [-0.1, -0.05) is 0 Å². The van der Waals surface area contributed by atoms with Crippen molar-refractivity contribution in [3.05, 3.63) is 41.9 Å². The summed E-state index contributed by atoms with van der Waals surface area (Å²) in [5, 5.41) is 1.56. The van der Waals surface area contributed by atoms with Crippen LogP contribution in [-0.2, 0) is 0 Å². The molecule has 0 bridgehead atoms. The Balaban J connectivity index is 2.18. The van der Waals surface area contributed by atoms with Gasteiger partial charge in [-0.3, -0.25) is 0 Å². The molecule has 0 saturated heterocycles. The van der Waals surface area contributed by atoms with Crippen LogP contribution in [-0.4, -0.2) is 15.0 Å². The van der Waals surface area contributed by atoms with Crippen LogP contribution in [0.15, 0.2) is 40.9 Å². The fourth-order valence-corrected chi connectivity index (χ4v) is 2.00. The molecule has 2 heterocycles. The Morgan fingerprint density at radius 1 is 1.24 bits per heavy atom. The number of hydrogen-bond acceptors (Lipinski definition) is 5. The molecule has 2 aromatic heterocycles. The maximum absolute atomic E-state index is 5.83. The van der Waals surface area contributed by atoms with E-state index in [9.17, 15) is 0 Å². The van der Waals surface area contributed by atoms with Gasteiger partial charge in [-0.25, -0.2) is 15.0 Å². The van der Waals surface area contributed by atoms with Crippen LogP contribution in [0.25, 0.3) is 0 Å². The molecular weight excluding hydrogens is 232 g/mol. The molecule has 0 spiro atoms. The highest BCUT2D eigenvalue weighted by Crippen LogP contribution is 2.24. The first kappa shape index (κ1) is 12.0. The Kier molecular flexibility index (Phi) is 3.71. The van der Waals surface area contributed by atoms with Crippen molar-refractivity contribution >= 4 is 11.8 Å². The molecule has 0 radical (unpaired) electrons. The fraction of sp³-hybridized carbons (Fsp3) is 0.250. The van der Waals surface area contributed by atoms with Crippen LogP contribution in [0.5, 0.6) is 0 Å². The monoisotopic (exact) mass is 246 g/mol. The highest BCUT2D eigenvalue weighted by molar-refractivity contribution is 7.99. The molecule has 2 aromatic rings. The average Bonchev–Trinajstić information content (AvgIpc) is 2.32. The van der Waals surface area contributed by atoms with Crippen LogP contribution in [0, 0.1) is 6.92 Å². The number of aromatic nitrogens is 3. The Morgan fingerprint density at radius 3 is 2.59 bits per heavy atom. The zero-order valence-electron chi connectivity index (χ0n) is 9.79. The lowest BCUT2D eigenvalue weighted by atomic mass is 10.1. The third-order valence-electron chi connectivity index (χ3n) is 2.24. The molecule has 0 aromatic carbocycles. The third kappa shape index (κ3) is 3.25. The Hall–Kier alpha value is -1.46. The first-order valence-electron chi connectivity index (χ1n) is 5.33. The van der Waals surface area contributed by atoms with Crippen molar-refractivity contribution in [3.63, 3.8) is 0 Å². The summed E-state index contributed by atoms with van der Waals surface area (Å²) in [5.74, 6) is 0. The smallest absolute Gasteiger partial charge is 0.193 e. The van der Waals surface area contributed by atoms with E-state index < -0.39 is 0 Å². The van der Waals surface area contributed by atoms with Gasteiger partial charge < -0.3 is 5.73 Å². The van der Waals surface area contributed by atoms with E-state index in [1.54, 1.807) is 18.6 Å². The van der Waals surface area contributed by atoms with Crippen LogP contribution < -0.4 is 5.73 Å². The van der Waals surface area contributed by atoms with Crippen molar-refractivity contribution in [2.75, 3.05) is 0 Å². The van der Waals surface area contributed by atoms with E-state index in [4.69, 9.17) is 5.73 Å². The van der Waals surface area contributed by atoms with Gasteiger partial charge in [0, 0.05) is 24.6 Å². The Labute approximate surface area is 105 Å². The molecule has 0 saturated carbocycles. The van der Waals surface area contributed by atoms with Crippen molar-refractivity contribution in [2.24, 2.45) is 5.73 Å². The summed E-state index contributed by atoms with van der Waals surface area (Å²) in [5.41, 5.74) is 7.94. The van der Waals surface area contributed by atoms with E-state index >= 15 is 0 Å². The van der Waals surface area contributed by atoms with Gasteiger partial charge in [0.2, 0.25) is 0 Å². The van der Waals surface area contributed by atoms with Gasteiger partial charge in [0.05, 0.1) is 0 Å². The molecule has 2 N–H and O–H groups in total. The Bertz CT molecular complexity index is 496. The lowest BCUT2D eigenvalue weighted by Gasteiger charge is -2.06. The predicted octanol–water partition coefficient (Wildman–Crippen LogP) is 2.35. The highest BCUT2D eigenvalue weighted by atomic mass is 32.2. The number of hydrogen-bond donors (Lipinski definition) is 1. The van der Waals surface area contributed by atoms with E-state index in [2.05, 4.69) is 15.0 Å². The van der Waals surface area contributed by atoms with Crippen LogP contribution >= 0.6 is 11.8 Å². The summed E-state index contributed by atoms with van der Waals surface area (Å²) in [4.78, 5) is 12.7. The molecule has 1 atom stereocenters. The van der Waals surface area contributed by atoms with Crippen molar-refractivity contribution in [1.82, 2.24) is 15.0 Å². The average molecular weight is 246 g/mol. The fourth-order valence-electron chi connectivity index (χ4n) is 1.29. The predicted molar refractivity (Wildman–Crippen MR) is 67.7 cm³/mol. The number of nitrogens with two attached hydrogens (primary N) is 1. The summed E-state index contributed by atoms with van der Waals surface area (Å²) < 4.78 is 0. The molecule has 0 aliphatic rings. The minimum Gasteiger partial charge on any atom is -0.324 e. The first-order valence-corrected chi connectivity index (χ1v) is 6.15. The molecule has 5 heteroatoms. The second-order valence-corrected chi connectivity index (χ2v) is 4.85. The first-order chi connectivity index (χ1) is 8.15. The minimum atomic E-state index is 0.0105. The van der Waals surface area contributed by atoms with Crippen LogP contribution in [0.3, 0.4) is 0 Å². The van der Waals surface area contributed by atoms with Gasteiger partial charge in [-0.15, -0.1) is 0 Å². The summed E-state index contributed by atoms with van der Waals surface area (Å²) in [6, 6.07) is 3.90. The summed E-state index contributed by atoms with van der Waals surface area (Å²) in [6.07, 6.45) is 5.35. The van der Waals surface area contributed by atoms with Gasteiger partial charge in [-0.2, -0.15) is 0 Å². The van der Waals surface area contributed by atoms with Crippen LogP contribution in [0.4, 0.5) is 0 Å². The quantitative estimate of drug-likeness (QED) is 0.842. The van der Waals surface area contributed by atoms with E-state index in [-0.39, 0.29) is 6.04 Å². The third-order valence-corrected chi connectivity index (χ3v) is 3.06. The van der Waals surface area contributed by atoms with Crippen molar-refractivity contribution in [2.45, 2.75) is 30.1 Å². The summed E-state index contributed by atoms with van der Waals surface area (Å²) >= 11 is 1.44. The minimum absolute atomic E-state index is 0.0105. The molecule has 4 nitrogen and oxygen atoms in total. The lowest BCUT2D eigenvalue weighted by molar-refractivity contribution is 0.807. The normalized spacial score (nSPS) is 12.4. The maximum Gasteiger partial charge on any atom is 0.193 e. The van der Waals surface area contributed by atoms with Gasteiger partial charge in [0.15, 0.2) is 5.16 Å². The highest BCUT2D eigenvalue weighted by Gasteiger charge is 2.04. The zero-order chi connectivity index (χ0) is 12.3. The molecule has 0 aliphatic heterocycles. The van der Waals surface area contributed by atoms with E-state index in [0.717, 1.165) is 16.2 Å². The summed E-state index contributed by atoms with van der Waals surface area (Å²) in [6.45, 7) is 3.91. The van der Waals surface area contributed by atoms with Crippen LogP contribution in [0.2, 0.25) is 0 Å². The standard InChI is InChI=1S/C12H14N4S/c1-8-6-15-12(16-7-8)17-11-5-10(9(2)13)3-4-14-11/h3-7,9H,13H2,1-2H3. The Morgan fingerprint density at radius 2 is 1.94 bits per heavy atom. The molecule has 2 rings (SSSR count). The second-order valence-electron chi connectivity index (χ2n) is 3.86. The lowest BCUT2D eigenvalue weighted by Crippen LogP contribution is -2.05. The van der Waals surface area contributed by atoms with Crippen molar-refractivity contribution in [3.8, 4) is 0 Å². The van der Waals surface area contributed by atoms with Gasteiger partial charge in [0.25, 0.3) is 0 Å². The number of pyridine rings is 1. The maximum atomic E-state index is 5.83. The topological polar surface area (TPSA) is 64.7 Å². The molecule has 88 valence electrons. The van der Waals surface area contributed by atoms with Crippen molar-refractivity contribution in [1.29, 1.82) is 0 Å². The van der Waals surface area contributed by atoms with Gasteiger partial charge in [-0.05, 0) is 48.9 Å². The summed E-state index contributed by atoms with van der Waals surface area (Å²) in [7, 11) is 0. The van der Waals surface area contributed by atoms with E-state index in [1.807, 2.05) is 26.0 Å². The molecule has 1 unspecified atom stereocenters. The van der Waals surface area contributed by atoms with E-state index in [0.29, 0.717) is 5.16 Å². The molecule has 17 heavy (non-hydrogen) atoms. The van der Waals surface area contributed by atoms with Gasteiger partial charge in [0.1, 0.15) is 5.03 Å². The van der Waals surface area contributed by atoms with Crippen LogP contribution in [0.1, 0.15) is 24.1 Å². The van der Waals surface area contributed by atoms with E-state index in [1.165, 1.54) is 11.8 Å². The number of rotatable bonds is 3. The molecule has 0 aliphatic carbocycles. The number of nitrogens with zero attached hydrogens (tertiary/aromatic N) is 3. The van der Waals surface area contributed by atoms with Crippen molar-refractivity contribution < 1.29 is 0 Å².